The van der Waals surface area contributed by atoms with Crippen molar-refractivity contribution in [3.05, 3.63) is 11.6 Å². The highest BCUT2D eigenvalue weighted by Gasteiger charge is 2.31. The second-order valence-electron chi connectivity index (χ2n) is 4.43. The number of aromatic nitrogens is 3. The Balaban J connectivity index is 1.99. The zero-order chi connectivity index (χ0) is 11.7. The molecule has 1 aliphatic heterocycles. The van der Waals surface area contributed by atoms with Crippen LogP contribution >= 0.6 is 0 Å². The van der Waals surface area contributed by atoms with Crippen molar-refractivity contribution >= 4 is 0 Å². The second-order valence-corrected chi connectivity index (χ2v) is 4.43. The molecule has 2 unspecified atom stereocenters. The summed E-state index contributed by atoms with van der Waals surface area (Å²) < 4.78 is 1.94. The predicted octanol–water partition coefficient (Wildman–Crippen LogP) is -1.09. The molecule has 1 aliphatic rings. The van der Waals surface area contributed by atoms with Gasteiger partial charge in [-0.1, -0.05) is 0 Å². The molecular formula is C10H18N4O2. The quantitative estimate of drug-likeness (QED) is 0.685. The zero-order valence-corrected chi connectivity index (χ0v) is 9.67. The number of rotatable bonds is 3. The Morgan fingerprint density at radius 1 is 1.38 bits per heavy atom. The van der Waals surface area contributed by atoms with Gasteiger partial charge in [-0.15, -0.1) is 10.2 Å². The largest absolute Gasteiger partial charge is 0.396 e. The molecule has 2 atom stereocenters. The number of likely N-dealkylation sites (tertiary alicyclic amines) is 1. The lowest BCUT2D eigenvalue weighted by Gasteiger charge is -2.14. The van der Waals surface area contributed by atoms with Crippen LogP contribution in [0.15, 0.2) is 0 Å². The third-order valence-corrected chi connectivity index (χ3v) is 3.26. The van der Waals surface area contributed by atoms with Crippen molar-refractivity contribution < 1.29 is 10.2 Å². The molecule has 0 saturated carbocycles. The van der Waals surface area contributed by atoms with Crippen LogP contribution in [0.1, 0.15) is 11.6 Å². The molecule has 0 bridgehead atoms. The first-order valence-corrected chi connectivity index (χ1v) is 5.48. The fraction of sp³-hybridized carbons (Fsp3) is 0.800. The maximum Gasteiger partial charge on any atom is 0.146 e. The Labute approximate surface area is 94.5 Å². The van der Waals surface area contributed by atoms with Crippen molar-refractivity contribution in [1.29, 1.82) is 0 Å². The molecule has 6 heteroatoms. The van der Waals surface area contributed by atoms with E-state index in [9.17, 15) is 5.11 Å². The molecule has 2 N–H and O–H groups in total. The smallest absolute Gasteiger partial charge is 0.146 e. The number of aliphatic hydroxyl groups excluding tert-OH is 2. The number of hydrogen-bond acceptors (Lipinski definition) is 5. The molecular weight excluding hydrogens is 208 g/mol. The molecule has 0 aromatic carbocycles. The molecule has 0 aliphatic carbocycles. The number of aliphatic hydroxyl groups is 2. The van der Waals surface area contributed by atoms with Crippen LogP contribution in [-0.2, 0) is 13.6 Å². The number of aryl methyl sites for hydroxylation is 1. The summed E-state index contributed by atoms with van der Waals surface area (Å²) in [5.74, 6) is 1.74. The first kappa shape index (κ1) is 11.5. The van der Waals surface area contributed by atoms with Crippen molar-refractivity contribution in [2.24, 2.45) is 13.0 Å². The normalized spacial score (nSPS) is 26.5. The van der Waals surface area contributed by atoms with Gasteiger partial charge in [0.1, 0.15) is 11.6 Å². The standard InChI is InChI=1S/C10H18N4O2/c1-7-11-12-10(13(7)2)5-14-3-8(6-15)9(16)4-14/h8-9,15-16H,3-6H2,1-2H3. The van der Waals surface area contributed by atoms with Gasteiger partial charge in [0.2, 0.25) is 0 Å². The van der Waals surface area contributed by atoms with Crippen LogP contribution < -0.4 is 0 Å². The van der Waals surface area contributed by atoms with Crippen molar-refractivity contribution in [1.82, 2.24) is 19.7 Å². The number of β-amino-alcohol motifs (C(OH)–C–C–N with tert-alkyl or cyclic N) is 1. The van der Waals surface area contributed by atoms with Gasteiger partial charge in [0.05, 0.1) is 12.6 Å². The maximum atomic E-state index is 9.67. The summed E-state index contributed by atoms with van der Waals surface area (Å²) >= 11 is 0. The summed E-state index contributed by atoms with van der Waals surface area (Å²) in [6.45, 7) is 3.92. The lowest BCUT2D eigenvalue weighted by molar-refractivity contribution is 0.103. The molecule has 1 saturated heterocycles. The Morgan fingerprint density at radius 3 is 2.62 bits per heavy atom. The van der Waals surface area contributed by atoms with E-state index in [1.807, 2.05) is 18.5 Å². The Morgan fingerprint density at radius 2 is 2.12 bits per heavy atom. The van der Waals surface area contributed by atoms with E-state index in [-0.39, 0.29) is 12.5 Å². The van der Waals surface area contributed by atoms with E-state index < -0.39 is 6.10 Å². The Hall–Kier alpha value is -0.980. The predicted molar refractivity (Wildman–Crippen MR) is 57.6 cm³/mol. The molecule has 0 radical (unpaired) electrons. The number of hydrogen-bond donors (Lipinski definition) is 2. The van der Waals surface area contributed by atoms with Crippen LogP contribution in [0.25, 0.3) is 0 Å². The second kappa shape index (κ2) is 4.48. The summed E-state index contributed by atoms with van der Waals surface area (Å²) in [4.78, 5) is 2.09. The van der Waals surface area contributed by atoms with E-state index in [2.05, 4.69) is 15.1 Å². The zero-order valence-electron chi connectivity index (χ0n) is 9.67. The molecule has 0 spiro atoms. The van der Waals surface area contributed by atoms with Crippen LogP contribution in [0, 0.1) is 12.8 Å². The Bertz CT molecular complexity index is 366. The van der Waals surface area contributed by atoms with Crippen LogP contribution in [0.2, 0.25) is 0 Å². The summed E-state index contributed by atoms with van der Waals surface area (Å²) in [6.07, 6.45) is -0.431. The monoisotopic (exact) mass is 226 g/mol. The van der Waals surface area contributed by atoms with Crippen LogP contribution in [0.4, 0.5) is 0 Å². The van der Waals surface area contributed by atoms with Crippen LogP contribution in [0.3, 0.4) is 0 Å². The van der Waals surface area contributed by atoms with E-state index in [0.717, 1.165) is 11.6 Å². The van der Waals surface area contributed by atoms with Gasteiger partial charge in [-0.25, -0.2) is 0 Å². The minimum Gasteiger partial charge on any atom is -0.396 e. The SMILES string of the molecule is Cc1nnc(CN2CC(O)C(CO)C2)n1C. The summed E-state index contributed by atoms with van der Waals surface area (Å²) in [7, 11) is 1.93. The molecule has 6 nitrogen and oxygen atoms in total. The van der Waals surface area contributed by atoms with Crippen LogP contribution in [-0.4, -0.2) is 55.7 Å². The third-order valence-electron chi connectivity index (χ3n) is 3.26. The average Bonchev–Trinajstić information content (AvgIpc) is 2.76. The molecule has 2 heterocycles. The highest BCUT2D eigenvalue weighted by molar-refractivity contribution is 4.94. The molecule has 16 heavy (non-hydrogen) atoms. The van der Waals surface area contributed by atoms with E-state index in [1.54, 1.807) is 0 Å². The topological polar surface area (TPSA) is 74.4 Å². The highest BCUT2D eigenvalue weighted by Crippen LogP contribution is 2.18. The summed E-state index contributed by atoms with van der Waals surface area (Å²) in [5, 5.41) is 26.8. The van der Waals surface area contributed by atoms with Gasteiger partial charge in [0.25, 0.3) is 0 Å². The van der Waals surface area contributed by atoms with Gasteiger partial charge in [-0.05, 0) is 6.92 Å². The van der Waals surface area contributed by atoms with Gasteiger partial charge < -0.3 is 14.8 Å². The van der Waals surface area contributed by atoms with E-state index >= 15 is 0 Å². The van der Waals surface area contributed by atoms with Gasteiger partial charge in [-0.2, -0.15) is 0 Å². The van der Waals surface area contributed by atoms with Gasteiger partial charge in [0.15, 0.2) is 0 Å². The van der Waals surface area contributed by atoms with Crippen molar-refractivity contribution in [3.63, 3.8) is 0 Å². The minimum atomic E-state index is -0.431. The fourth-order valence-corrected chi connectivity index (χ4v) is 2.04. The van der Waals surface area contributed by atoms with Gasteiger partial charge in [0, 0.05) is 32.7 Å². The lowest BCUT2D eigenvalue weighted by Crippen LogP contribution is -2.23. The van der Waals surface area contributed by atoms with Crippen molar-refractivity contribution in [2.75, 3.05) is 19.7 Å². The highest BCUT2D eigenvalue weighted by atomic mass is 16.3. The molecule has 90 valence electrons. The molecule has 1 aromatic rings. The Kier molecular flexibility index (Phi) is 3.22. The maximum absolute atomic E-state index is 9.67. The van der Waals surface area contributed by atoms with Gasteiger partial charge in [-0.3, -0.25) is 4.90 Å². The molecule has 2 rings (SSSR count). The number of nitrogens with zero attached hydrogens (tertiary/aromatic N) is 4. The van der Waals surface area contributed by atoms with E-state index in [4.69, 9.17) is 5.11 Å². The first-order valence-electron chi connectivity index (χ1n) is 5.48. The van der Waals surface area contributed by atoms with Gasteiger partial charge >= 0.3 is 0 Å². The third kappa shape index (κ3) is 2.09. The average molecular weight is 226 g/mol. The summed E-state index contributed by atoms with van der Waals surface area (Å²) in [6, 6.07) is 0. The van der Waals surface area contributed by atoms with Crippen LogP contribution in [0.5, 0.6) is 0 Å². The van der Waals surface area contributed by atoms with E-state index in [1.165, 1.54) is 0 Å². The molecule has 1 aromatic heterocycles. The lowest BCUT2D eigenvalue weighted by atomic mass is 10.1. The van der Waals surface area contributed by atoms with Crippen molar-refractivity contribution in [2.45, 2.75) is 19.6 Å². The van der Waals surface area contributed by atoms with E-state index in [0.29, 0.717) is 19.6 Å². The molecule has 1 fully saturated rings. The summed E-state index contributed by atoms with van der Waals surface area (Å²) in [5.41, 5.74) is 0. The first-order chi connectivity index (χ1) is 7.61. The molecule has 0 amide bonds. The minimum absolute atomic E-state index is 0.0330. The fourth-order valence-electron chi connectivity index (χ4n) is 2.04. The van der Waals surface area contributed by atoms with Crippen molar-refractivity contribution in [3.8, 4) is 0 Å².